The van der Waals surface area contributed by atoms with Gasteiger partial charge in [0.15, 0.2) is 0 Å². The van der Waals surface area contributed by atoms with E-state index in [2.05, 4.69) is 12.1 Å². The summed E-state index contributed by atoms with van der Waals surface area (Å²) in [5.41, 5.74) is 1.14. The maximum absolute atomic E-state index is 9.05. The fraction of sp³-hybridized carbons (Fsp3) is 0.429. The third-order valence-corrected chi connectivity index (χ3v) is 3.48. The van der Waals surface area contributed by atoms with E-state index in [0.717, 1.165) is 18.4 Å². The Morgan fingerprint density at radius 3 is 2.12 bits per heavy atom. The molecule has 0 aliphatic heterocycles. The number of rotatable bonds is 3. The summed E-state index contributed by atoms with van der Waals surface area (Å²) in [6.45, 7) is 0. The minimum absolute atomic E-state index is 0.102. The van der Waals surface area contributed by atoms with Crippen LogP contribution < -0.4 is 0 Å². The van der Waals surface area contributed by atoms with Crippen LogP contribution in [-0.2, 0) is 0 Å². The third kappa shape index (κ3) is 1.92. The molecule has 2 heteroatoms. The first kappa shape index (κ1) is 10.7. The van der Waals surface area contributed by atoms with Gasteiger partial charge < -0.3 is 0 Å². The first-order valence-electron chi connectivity index (χ1n) is 5.71. The average Bonchev–Trinajstić information content (AvgIpc) is 2.28. The molecule has 0 spiro atoms. The monoisotopic (exact) mass is 210 g/mol. The van der Waals surface area contributed by atoms with Crippen LogP contribution in [0.3, 0.4) is 0 Å². The predicted molar refractivity (Wildman–Crippen MR) is 61.2 cm³/mol. The molecular weight excluding hydrogens is 196 g/mol. The Morgan fingerprint density at radius 1 is 1.06 bits per heavy atom. The van der Waals surface area contributed by atoms with Gasteiger partial charge in [-0.15, -0.1) is 0 Å². The van der Waals surface area contributed by atoms with E-state index in [4.69, 9.17) is 10.5 Å². The number of hydrogen-bond donors (Lipinski definition) is 0. The van der Waals surface area contributed by atoms with Crippen LogP contribution in [0.25, 0.3) is 0 Å². The standard InChI is InChI=1S/C14H14N2/c15-9-13(10-16)14(12-7-4-8-12)11-5-2-1-3-6-11/h1-3,5-6,12-14H,4,7-8H2. The molecule has 0 amide bonds. The van der Waals surface area contributed by atoms with E-state index >= 15 is 0 Å². The van der Waals surface area contributed by atoms with Crippen LogP contribution in [0, 0.1) is 34.5 Å². The molecule has 1 aliphatic rings. The van der Waals surface area contributed by atoms with E-state index < -0.39 is 5.92 Å². The van der Waals surface area contributed by atoms with Gasteiger partial charge in [-0.2, -0.15) is 10.5 Å². The van der Waals surface area contributed by atoms with Crippen LogP contribution in [0.5, 0.6) is 0 Å². The van der Waals surface area contributed by atoms with Gasteiger partial charge in [-0.05, 0) is 24.3 Å². The number of benzene rings is 1. The van der Waals surface area contributed by atoms with Crippen molar-refractivity contribution in [2.45, 2.75) is 25.2 Å². The van der Waals surface area contributed by atoms with Gasteiger partial charge in [0.05, 0.1) is 12.1 Å². The molecule has 0 bridgehead atoms. The molecule has 1 aromatic rings. The summed E-state index contributed by atoms with van der Waals surface area (Å²) in [5.74, 6) is 0.115. The molecule has 0 saturated heterocycles. The van der Waals surface area contributed by atoms with Crippen molar-refractivity contribution in [1.82, 2.24) is 0 Å². The molecule has 16 heavy (non-hydrogen) atoms. The molecule has 1 saturated carbocycles. The SMILES string of the molecule is N#CC(C#N)C(c1ccccc1)C1CCC1. The van der Waals surface area contributed by atoms with Crippen molar-refractivity contribution < 1.29 is 0 Å². The highest BCUT2D eigenvalue weighted by atomic mass is 14.4. The Kier molecular flexibility index (Phi) is 3.22. The van der Waals surface area contributed by atoms with Crippen molar-refractivity contribution in [1.29, 1.82) is 10.5 Å². The third-order valence-electron chi connectivity index (χ3n) is 3.48. The summed E-state index contributed by atoms with van der Waals surface area (Å²) in [7, 11) is 0. The number of nitriles is 2. The highest BCUT2D eigenvalue weighted by molar-refractivity contribution is 5.26. The lowest BCUT2D eigenvalue weighted by molar-refractivity contribution is 0.244. The van der Waals surface area contributed by atoms with Gasteiger partial charge >= 0.3 is 0 Å². The summed E-state index contributed by atoms with van der Waals surface area (Å²) in [4.78, 5) is 0. The second-order valence-electron chi connectivity index (χ2n) is 4.36. The number of hydrogen-bond acceptors (Lipinski definition) is 2. The first-order valence-corrected chi connectivity index (χ1v) is 5.71. The van der Waals surface area contributed by atoms with Gasteiger partial charge in [-0.3, -0.25) is 0 Å². The van der Waals surface area contributed by atoms with E-state index in [9.17, 15) is 0 Å². The first-order chi connectivity index (χ1) is 7.86. The minimum Gasteiger partial charge on any atom is -0.197 e. The Morgan fingerprint density at radius 2 is 1.69 bits per heavy atom. The second kappa shape index (κ2) is 4.81. The van der Waals surface area contributed by atoms with Gasteiger partial charge in [0.25, 0.3) is 0 Å². The maximum Gasteiger partial charge on any atom is 0.140 e. The summed E-state index contributed by atoms with van der Waals surface area (Å²) < 4.78 is 0. The van der Waals surface area contributed by atoms with Crippen molar-refractivity contribution in [3.05, 3.63) is 35.9 Å². The smallest absolute Gasteiger partial charge is 0.140 e. The Labute approximate surface area is 96.1 Å². The van der Waals surface area contributed by atoms with E-state index in [1.54, 1.807) is 0 Å². The van der Waals surface area contributed by atoms with Gasteiger partial charge in [0.2, 0.25) is 0 Å². The van der Waals surface area contributed by atoms with Crippen LogP contribution in [-0.4, -0.2) is 0 Å². The lowest BCUT2D eigenvalue weighted by Crippen LogP contribution is -2.25. The summed E-state index contributed by atoms with van der Waals surface area (Å²) in [6, 6.07) is 14.3. The lowest BCUT2D eigenvalue weighted by Gasteiger charge is -2.34. The van der Waals surface area contributed by atoms with Gasteiger partial charge in [0, 0.05) is 5.92 Å². The van der Waals surface area contributed by atoms with Crippen molar-refractivity contribution in [2.24, 2.45) is 11.8 Å². The molecule has 1 fully saturated rings. The highest BCUT2D eigenvalue weighted by Crippen LogP contribution is 2.43. The van der Waals surface area contributed by atoms with Crippen molar-refractivity contribution in [3.63, 3.8) is 0 Å². The van der Waals surface area contributed by atoms with Crippen molar-refractivity contribution >= 4 is 0 Å². The predicted octanol–water partition coefficient (Wildman–Crippen LogP) is 3.23. The molecule has 0 heterocycles. The van der Waals surface area contributed by atoms with Gasteiger partial charge in [-0.1, -0.05) is 36.8 Å². The molecule has 0 aromatic heterocycles. The zero-order chi connectivity index (χ0) is 11.4. The number of nitrogens with zero attached hydrogens (tertiary/aromatic N) is 2. The zero-order valence-electron chi connectivity index (χ0n) is 9.13. The average molecular weight is 210 g/mol. The Bertz CT molecular complexity index is 406. The van der Waals surface area contributed by atoms with Gasteiger partial charge in [0.1, 0.15) is 5.92 Å². The summed E-state index contributed by atoms with van der Waals surface area (Å²) >= 11 is 0. The van der Waals surface area contributed by atoms with Crippen molar-refractivity contribution in [3.8, 4) is 12.1 Å². The molecule has 0 N–H and O–H groups in total. The lowest BCUT2D eigenvalue weighted by atomic mass is 9.68. The minimum atomic E-state index is -0.507. The fourth-order valence-electron chi connectivity index (χ4n) is 2.40. The largest absolute Gasteiger partial charge is 0.197 e. The molecule has 1 atom stereocenters. The fourth-order valence-corrected chi connectivity index (χ4v) is 2.40. The van der Waals surface area contributed by atoms with Crippen LogP contribution in [0.4, 0.5) is 0 Å². The summed E-state index contributed by atoms with van der Waals surface area (Å²) in [6.07, 6.45) is 3.54. The van der Waals surface area contributed by atoms with Crippen LogP contribution in [0.2, 0.25) is 0 Å². The molecular formula is C14H14N2. The van der Waals surface area contributed by atoms with E-state index in [-0.39, 0.29) is 5.92 Å². The molecule has 1 unspecified atom stereocenters. The maximum atomic E-state index is 9.05. The molecule has 2 rings (SSSR count). The molecule has 1 aromatic carbocycles. The molecule has 0 radical (unpaired) electrons. The molecule has 2 nitrogen and oxygen atoms in total. The second-order valence-corrected chi connectivity index (χ2v) is 4.36. The molecule has 80 valence electrons. The van der Waals surface area contributed by atoms with Crippen LogP contribution in [0.15, 0.2) is 30.3 Å². The van der Waals surface area contributed by atoms with Crippen LogP contribution >= 0.6 is 0 Å². The molecule has 1 aliphatic carbocycles. The summed E-state index contributed by atoms with van der Waals surface area (Å²) in [5, 5.41) is 18.1. The normalized spacial score (nSPS) is 17.2. The van der Waals surface area contributed by atoms with Crippen LogP contribution in [0.1, 0.15) is 30.7 Å². The van der Waals surface area contributed by atoms with Crippen molar-refractivity contribution in [2.75, 3.05) is 0 Å². The van der Waals surface area contributed by atoms with E-state index in [1.807, 2.05) is 30.3 Å². The van der Waals surface area contributed by atoms with Gasteiger partial charge in [-0.25, -0.2) is 0 Å². The quantitative estimate of drug-likeness (QED) is 0.768. The van der Waals surface area contributed by atoms with E-state index in [1.165, 1.54) is 6.42 Å². The highest BCUT2D eigenvalue weighted by Gasteiger charge is 2.34. The topological polar surface area (TPSA) is 47.6 Å². The zero-order valence-corrected chi connectivity index (χ0v) is 9.13. The Hall–Kier alpha value is -1.80. The van der Waals surface area contributed by atoms with E-state index in [0.29, 0.717) is 5.92 Å². The Balaban J connectivity index is 2.29.